The Kier molecular flexibility index (Phi) is 4.14. The minimum Gasteiger partial charge on any atom is -0.332 e. The van der Waals surface area contributed by atoms with Crippen LogP contribution in [0.3, 0.4) is 0 Å². The SMILES string of the molecule is CC(=O)c1cccc(NC(=O)NCc2ccn(C)n2)c1. The van der Waals surface area contributed by atoms with E-state index in [1.165, 1.54) is 6.92 Å². The Balaban J connectivity index is 1.91. The van der Waals surface area contributed by atoms with Crippen molar-refractivity contribution in [2.75, 3.05) is 5.32 Å². The van der Waals surface area contributed by atoms with E-state index in [1.807, 2.05) is 19.3 Å². The van der Waals surface area contributed by atoms with Gasteiger partial charge in [0.05, 0.1) is 12.2 Å². The number of carbonyl (C=O) groups is 2. The summed E-state index contributed by atoms with van der Waals surface area (Å²) in [6, 6.07) is 8.30. The van der Waals surface area contributed by atoms with Gasteiger partial charge in [0.1, 0.15) is 0 Å². The number of urea groups is 1. The molecule has 104 valence electrons. The highest BCUT2D eigenvalue weighted by atomic mass is 16.2. The molecule has 6 nitrogen and oxygen atoms in total. The van der Waals surface area contributed by atoms with Crippen LogP contribution in [0.1, 0.15) is 23.0 Å². The summed E-state index contributed by atoms with van der Waals surface area (Å²) in [5, 5.41) is 9.53. The molecule has 1 aromatic heterocycles. The maximum Gasteiger partial charge on any atom is 0.319 e. The summed E-state index contributed by atoms with van der Waals surface area (Å²) in [5.41, 5.74) is 1.92. The Morgan fingerprint density at radius 3 is 2.75 bits per heavy atom. The number of hydrogen-bond acceptors (Lipinski definition) is 3. The molecule has 0 aliphatic heterocycles. The van der Waals surface area contributed by atoms with Gasteiger partial charge in [0.2, 0.25) is 0 Å². The number of anilines is 1. The van der Waals surface area contributed by atoms with Crippen LogP contribution in [0, 0.1) is 0 Å². The maximum absolute atomic E-state index is 11.7. The number of rotatable bonds is 4. The summed E-state index contributed by atoms with van der Waals surface area (Å²) in [6.45, 7) is 1.83. The van der Waals surface area contributed by atoms with Crippen molar-refractivity contribution in [3.05, 3.63) is 47.8 Å². The van der Waals surface area contributed by atoms with Crippen molar-refractivity contribution in [1.82, 2.24) is 15.1 Å². The fraction of sp³-hybridized carbons (Fsp3) is 0.214. The Morgan fingerprint density at radius 1 is 1.30 bits per heavy atom. The Bertz CT molecular complexity index is 634. The zero-order chi connectivity index (χ0) is 14.5. The fourth-order valence-electron chi connectivity index (χ4n) is 1.72. The first-order chi connectivity index (χ1) is 9.54. The molecule has 2 amide bonds. The van der Waals surface area contributed by atoms with Crippen molar-refractivity contribution in [3.8, 4) is 0 Å². The molecule has 0 fully saturated rings. The van der Waals surface area contributed by atoms with Gasteiger partial charge in [0, 0.05) is 24.5 Å². The average molecular weight is 272 g/mol. The number of Topliss-reactive ketones (excluding diaryl/α,β-unsaturated/α-hetero) is 1. The summed E-state index contributed by atoms with van der Waals surface area (Å²) < 4.78 is 1.67. The lowest BCUT2D eigenvalue weighted by Crippen LogP contribution is -2.28. The topological polar surface area (TPSA) is 76.0 Å². The number of aromatic nitrogens is 2. The number of nitrogens with zero attached hydrogens (tertiary/aromatic N) is 2. The highest BCUT2D eigenvalue weighted by molar-refractivity contribution is 5.96. The number of aryl methyl sites for hydroxylation is 1. The molecular weight excluding hydrogens is 256 g/mol. The molecule has 1 aromatic carbocycles. The van der Waals surface area contributed by atoms with E-state index in [1.54, 1.807) is 28.9 Å². The highest BCUT2D eigenvalue weighted by Gasteiger charge is 2.05. The Morgan fingerprint density at radius 2 is 2.10 bits per heavy atom. The first kappa shape index (κ1) is 13.8. The molecule has 0 spiro atoms. The molecule has 1 heterocycles. The Hall–Kier alpha value is -2.63. The first-order valence-electron chi connectivity index (χ1n) is 6.19. The number of carbonyl (C=O) groups excluding carboxylic acids is 2. The maximum atomic E-state index is 11.7. The molecule has 0 unspecified atom stereocenters. The van der Waals surface area contributed by atoms with E-state index in [2.05, 4.69) is 15.7 Å². The summed E-state index contributed by atoms with van der Waals surface area (Å²) in [4.78, 5) is 23.0. The molecular formula is C14H16N4O2. The first-order valence-corrected chi connectivity index (χ1v) is 6.19. The average Bonchev–Trinajstić information content (AvgIpc) is 2.82. The molecule has 0 aliphatic carbocycles. The van der Waals surface area contributed by atoms with Gasteiger partial charge in [-0.15, -0.1) is 0 Å². The summed E-state index contributed by atoms with van der Waals surface area (Å²) in [5.74, 6) is -0.0393. The van der Waals surface area contributed by atoms with Gasteiger partial charge in [-0.2, -0.15) is 5.10 Å². The normalized spacial score (nSPS) is 10.1. The molecule has 20 heavy (non-hydrogen) atoms. The van der Waals surface area contributed by atoms with Crippen molar-refractivity contribution in [3.63, 3.8) is 0 Å². The van der Waals surface area contributed by atoms with E-state index in [4.69, 9.17) is 0 Å². The molecule has 2 rings (SSSR count). The van der Waals surface area contributed by atoms with E-state index < -0.39 is 0 Å². The standard InChI is InChI=1S/C14H16N4O2/c1-10(19)11-4-3-5-12(8-11)16-14(20)15-9-13-6-7-18(2)17-13/h3-8H,9H2,1-2H3,(H2,15,16,20). The largest absolute Gasteiger partial charge is 0.332 e. The quantitative estimate of drug-likeness (QED) is 0.835. The van der Waals surface area contributed by atoms with Gasteiger partial charge in [-0.05, 0) is 25.1 Å². The van der Waals surface area contributed by atoms with Crippen molar-refractivity contribution in [2.45, 2.75) is 13.5 Å². The lowest BCUT2D eigenvalue weighted by atomic mass is 10.1. The van der Waals surface area contributed by atoms with Crippen LogP contribution in [0.5, 0.6) is 0 Å². The van der Waals surface area contributed by atoms with Gasteiger partial charge in [0.15, 0.2) is 5.78 Å². The second-order valence-corrected chi connectivity index (χ2v) is 4.43. The lowest BCUT2D eigenvalue weighted by molar-refractivity contribution is 0.101. The molecule has 0 aliphatic rings. The molecule has 2 N–H and O–H groups in total. The summed E-state index contributed by atoms with van der Waals surface area (Å²) >= 11 is 0. The van der Waals surface area contributed by atoms with Crippen LogP contribution in [0.25, 0.3) is 0 Å². The highest BCUT2D eigenvalue weighted by Crippen LogP contribution is 2.10. The zero-order valence-electron chi connectivity index (χ0n) is 11.4. The van der Waals surface area contributed by atoms with Crippen LogP contribution in [0.2, 0.25) is 0 Å². The summed E-state index contributed by atoms with van der Waals surface area (Å²) in [6.07, 6.45) is 1.81. The van der Waals surface area contributed by atoms with Crippen LogP contribution >= 0.6 is 0 Å². The smallest absolute Gasteiger partial charge is 0.319 e. The minimum atomic E-state index is -0.337. The van der Waals surface area contributed by atoms with Gasteiger partial charge in [-0.25, -0.2) is 4.79 Å². The van der Waals surface area contributed by atoms with Crippen molar-refractivity contribution < 1.29 is 9.59 Å². The monoisotopic (exact) mass is 272 g/mol. The predicted octanol–water partition coefficient (Wildman–Crippen LogP) is 1.94. The van der Waals surface area contributed by atoms with Crippen LogP contribution in [0.15, 0.2) is 36.5 Å². The third kappa shape index (κ3) is 3.68. The molecule has 0 saturated carbocycles. The molecule has 0 saturated heterocycles. The second kappa shape index (κ2) is 6.01. The van der Waals surface area contributed by atoms with Crippen LogP contribution in [-0.4, -0.2) is 21.6 Å². The van der Waals surface area contributed by atoms with Crippen LogP contribution < -0.4 is 10.6 Å². The number of benzene rings is 1. The predicted molar refractivity (Wildman–Crippen MR) is 75.5 cm³/mol. The minimum absolute atomic E-state index is 0.0393. The number of nitrogens with one attached hydrogen (secondary N) is 2. The molecule has 6 heteroatoms. The number of hydrogen-bond donors (Lipinski definition) is 2. The second-order valence-electron chi connectivity index (χ2n) is 4.43. The third-order valence-corrected chi connectivity index (χ3v) is 2.73. The third-order valence-electron chi connectivity index (χ3n) is 2.73. The fourth-order valence-corrected chi connectivity index (χ4v) is 1.72. The van der Waals surface area contributed by atoms with E-state index in [-0.39, 0.29) is 11.8 Å². The Labute approximate surface area is 116 Å². The van der Waals surface area contributed by atoms with Gasteiger partial charge in [0.25, 0.3) is 0 Å². The van der Waals surface area contributed by atoms with Crippen LogP contribution in [0.4, 0.5) is 10.5 Å². The molecule has 0 bridgehead atoms. The lowest BCUT2D eigenvalue weighted by Gasteiger charge is -2.07. The van der Waals surface area contributed by atoms with E-state index in [9.17, 15) is 9.59 Å². The molecule has 2 aromatic rings. The van der Waals surface area contributed by atoms with Crippen LogP contribution in [-0.2, 0) is 13.6 Å². The van der Waals surface area contributed by atoms with E-state index in [0.29, 0.717) is 17.8 Å². The van der Waals surface area contributed by atoms with E-state index >= 15 is 0 Å². The van der Waals surface area contributed by atoms with Crippen molar-refractivity contribution in [1.29, 1.82) is 0 Å². The number of ketones is 1. The van der Waals surface area contributed by atoms with E-state index in [0.717, 1.165) is 5.69 Å². The molecule has 0 atom stereocenters. The summed E-state index contributed by atoms with van der Waals surface area (Å²) in [7, 11) is 1.82. The van der Waals surface area contributed by atoms with Crippen molar-refractivity contribution >= 4 is 17.5 Å². The number of amides is 2. The van der Waals surface area contributed by atoms with Gasteiger partial charge >= 0.3 is 6.03 Å². The zero-order valence-corrected chi connectivity index (χ0v) is 11.4. The van der Waals surface area contributed by atoms with Gasteiger partial charge in [-0.1, -0.05) is 12.1 Å². The van der Waals surface area contributed by atoms with Gasteiger partial charge in [-0.3, -0.25) is 9.48 Å². The van der Waals surface area contributed by atoms with Crippen molar-refractivity contribution in [2.24, 2.45) is 7.05 Å². The van der Waals surface area contributed by atoms with Gasteiger partial charge < -0.3 is 10.6 Å². The molecule has 0 radical (unpaired) electrons.